The van der Waals surface area contributed by atoms with Crippen LogP contribution in [-0.2, 0) is 0 Å². The van der Waals surface area contributed by atoms with Gasteiger partial charge in [-0.2, -0.15) is 10.2 Å². The molecule has 2 aliphatic heterocycles. The molecule has 5 N–H and O–H groups in total. The minimum absolute atomic E-state index is 0.0448. The van der Waals surface area contributed by atoms with E-state index in [0.29, 0.717) is 79.3 Å². The summed E-state index contributed by atoms with van der Waals surface area (Å²) >= 11 is 5.91. The highest BCUT2D eigenvalue weighted by Crippen LogP contribution is 2.43. The molecule has 29 heteroatoms. The van der Waals surface area contributed by atoms with Gasteiger partial charge in [-0.25, -0.2) is 70.9 Å². The number of nitrogens with one attached hydrogen (secondary N) is 1. The topological polar surface area (TPSA) is 291 Å². The second kappa shape index (κ2) is 38.5. The van der Waals surface area contributed by atoms with Crippen molar-refractivity contribution in [3.05, 3.63) is 361 Å². The first-order valence-corrected chi connectivity index (χ1v) is 43.7. The second-order valence-corrected chi connectivity index (χ2v) is 33.3. The molecule has 134 heavy (non-hydrogen) atoms. The van der Waals surface area contributed by atoms with Gasteiger partial charge >= 0.3 is 0 Å². The molecule has 664 valence electrons. The van der Waals surface area contributed by atoms with Crippen LogP contribution in [0.25, 0.3) is 151 Å². The number of anilines is 2. The Bertz CT molecular complexity index is 7580. The van der Waals surface area contributed by atoms with E-state index in [1.165, 1.54) is 81.8 Å². The number of benzene rings is 5. The molecule has 0 unspecified atom stereocenters. The summed E-state index contributed by atoms with van der Waals surface area (Å²) in [6.45, 7) is 14.1. The summed E-state index contributed by atoms with van der Waals surface area (Å²) in [7, 11) is 0. The standard InChI is InChI=1S/C29H30FN5O.C20H16FN3.C19H14FN5.C19H15FN4.C18H11ClFN5/c1-20-17-22(6-7-25(20)30)27-23(5-2-12-31-27)21-8-16-35-26(18-21)24(19-33-35)28(36)32-13-11-29-9-3-14-34(29)15-4-10-29;1-13-11-19-22-8-9-24(19)12-17(13)16-4-3-7-23-20(16)15-5-6-18(21)14(2)10-15;1-11-7-12(4-5-16(11)20)17-14(3-2-6-22-17)13-8-15-18(21)24-10-25-19(15)23-9-13;1-12-10-14(5-7-17(12)20)19-16(4-3-9-21-19)15-6-8-18-22-11-23-24(18)13(15)2;19-14-7-10(3-4-15(14)20)16-12(2-1-5-22-16)11-6-13-17(21)24-9-25-18(13)23-8-11/h2,5-8,12,16-19H,3-4,9-11,13-15H2,1H3,(H,32,36);3-12H,1-2H3;2-10H,1H3,(H2,21,23,24,25);3-11H,1-2H3;1-9H,(H2,21,23,24,25). The van der Waals surface area contributed by atoms with Crippen LogP contribution in [-0.4, -0.2) is 124 Å². The van der Waals surface area contributed by atoms with E-state index in [4.69, 9.17) is 23.1 Å². The van der Waals surface area contributed by atoms with Gasteiger partial charge in [-0.3, -0.25) is 34.6 Å². The van der Waals surface area contributed by atoms with E-state index in [9.17, 15) is 26.7 Å². The van der Waals surface area contributed by atoms with Crippen molar-refractivity contribution in [1.29, 1.82) is 0 Å². The lowest BCUT2D eigenvalue weighted by atomic mass is 9.90. The maximum Gasteiger partial charge on any atom is 0.255 e. The fourth-order valence-electron chi connectivity index (χ4n) is 17.4. The number of hydrogen-bond acceptors (Lipinski definition) is 19. The number of carbonyl (C=O) groups excluding carboxylic acids is 1. The summed E-state index contributed by atoms with van der Waals surface area (Å²) in [5, 5.41) is 13.2. The summed E-state index contributed by atoms with van der Waals surface area (Å²) in [5.41, 5.74) is 38.1. The van der Waals surface area contributed by atoms with Crippen LogP contribution in [0.1, 0.15) is 76.0 Å². The van der Waals surface area contributed by atoms with Crippen molar-refractivity contribution >= 4 is 68.0 Å². The van der Waals surface area contributed by atoms with Crippen LogP contribution >= 0.6 is 11.6 Å². The van der Waals surface area contributed by atoms with E-state index in [0.717, 1.165) is 135 Å². The minimum Gasteiger partial charge on any atom is -0.383 e. The first-order valence-electron chi connectivity index (χ1n) is 43.3. The maximum atomic E-state index is 13.9. The fourth-order valence-corrected chi connectivity index (χ4v) is 17.6. The molecule has 2 fully saturated rings. The number of imidazole rings is 1. The van der Waals surface area contributed by atoms with Crippen molar-refractivity contribution in [2.24, 2.45) is 0 Å². The molecule has 2 saturated heterocycles. The molecule has 2 aliphatic rings. The predicted octanol–water partition coefficient (Wildman–Crippen LogP) is 22.2. The number of nitrogens with zero attached hydrogens (tertiary/aromatic N) is 19. The first kappa shape index (κ1) is 88.4. The number of pyridine rings is 10. The zero-order valence-corrected chi connectivity index (χ0v) is 74.4. The first-order chi connectivity index (χ1) is 65.1. The van der Waals surface area contributed by atoms with Gasteiger partial charge in [-0.05, 0) is 284 Å². The molecular weight excluding hydrogens is 1720 g/mol. The molecule has 23 nitrogen and oxygen atoms in total. The molecule has 20 aromatic rings. The number of nitrogen functional groups attached to an aromatic ring is 2. The number of rotatable bonds is 14. The Morgan fingerprint density at radius 2 is 0.866 bits per heavy atom. The van der Waals surface area contributed by atoms with Gasteiger partial charge in [-0.1, -0.05) is 41.9 Å². The third kappa shape index (κ3) is 18.4. The van der Waals surface area contributed by atoms with E-state index in [2.05, 4.69) is 104 Å². The van der Waals surface area contributed by atoms with Crippen LogP contribution < -0.4 is 16.8 Å². The zero-order chi connectivity index (χ0) is 92.8. The maximum absolute atomic E-state index is 13.9. The van der Waals surface area contributed by atoms with Crippen molar-refractivity contribution in [2.45, 2.75) is 79.2 Å². The zero-order valence-electron chi connectivity index (χ0n) is 73.6. The third-order valence-electron chi connectivity index (χ3n) is 24.4. The van der Waals surface area contributed by atoms with E-state index < -0.39 is 5.82 Å². The van der Waals surface area contributed by atoms with Gasteiger partial charge in [0.2, 0.25) is 0 Å². The Kier molecular flexibility index (Phi) is 25.4. The van der Waals surface area contributed by atoms with Gasteiger partial charge < -0.3 is 21.2 Å². The van der Waals surface area contributed by atoms with Crippen LogP contribution in [0.5, 0.6) is 0 Å². The number of halogens is 6. The van der Waals surface area contributed by atoms with Gasteiger partial charge in [0.05, 0.1) is 61.5 Å². The number of carbonyl (C=O) groups is 1. The third-order valence-corrected chi connectivity index (χ3v) is 24.7. The lowest BCUT2D eigenvalue weighted by Gasteiger charge is -2.32. The quantitative estimate of drug-likeness (QED) is 0.0852. The molecule has 0 bridgehead atoms. The molecule has 5 aromatic carbocycles. The Hall–Kier alpha value is -16.2. The SMILES string of the molecule is Cc1cc(-c2ncccc2-c2ccc3ncnn3c2C)ccc1F.Cc1cc(-c2ncccc2-c2ccn3ncc(C(=O)NCCC45CCCN4CCC5)c3c2)ccc1F.Cc1cc(-c2ncccc2-c2cn3ccnc3cc2C)ccc1F.Cc1cc(-c2ncccc2-c2cnc3ncnc(N)c3c2)ccc1F.Nc1ncnc2ncc(-c3cccnc3-c3ccc(F)c(Cl)c3)cc12. The Morgan fingerprint density at radius 1 is 0.403 bits per heavy atom. The molecule has 0 aliphatic carbocycles. The van der Waals surface area contributed by atoms with E-state index >= 15 is 0 Å². The average molecular weight is 1800 g/mol. The molecule has 22 rings (SSSR count). The average Bonchev–Trinajstić information content (AvgIpc) is 1.40. The molecule has 15 aromatic heterocycles. The van der Waals surface area contributed by atoms with Crippen molar-refractivity contribution in [1.82, 2.24) is 98.6 Å². The molecule has 1 amide bonds. The van der Waals surface area contributed by atoms with Crippen molar-refractivity contribution in [3.8, 4) is 112 Å². The van der Waals surface area contributed by atoms with Crippen LogP contribution in [0, 0.1) is 70.6 Å². The summed E-state index contributed by atoms with van der Waals surface area (Å²) in [5.74, 6) is -0.721. The normalized spacial score (nSPS) is 12.6. The number of aryl methyl sites for hydroxylation is 6. The predicted molar refractivity (Wildman–Crippen MR) is 513 cm³/mol. The van der Waals surface area contributed by atoms with E-state index in [-0.39, 0.29) is 39.7 Å². The molecule has 17 heterocycles. The van der Waals surface area contributed by atoms with Gasteiger partial charge in [0.15, 0.2) is 16.9 Å². The van der Waals surface area contributed by atoms with Gasteiger partial charge in [0.25, 0.3) is 5.91 Å². The summed E-state index contributed by atoms with van der Waals surface area (Å²) in [6.07, 6.45) is 31.6. The molecule has 0 atom stereocenters. The number of aromatic nitrogens is 18. The number of amides is 1. The van der Waals surface area contributed by atoms with Crippen molar-refractivity contribution < 1.29 is 26.7 Å². The summed E-state index contributed by atoms with van der Waals surface area (Å²) in [6, 6.07) is 57.7. The fraction of sp³-hybridized carbons (Fsp3) is 0.143. The lowest BCUT2D eigenvalue weighted by molar-refractivity contribution is 0.0944. The Labute approximate surface area is 771 Å². The highest BCUT2D eigenvalue weighted by Gasteiger charge is 2.43. The van der Waals surface area contributed by atoms with Gasteiger partial charge in [0, 0.05) is 164 Å². The largest absolute Gasteiger partial charge is 0.383 e. The van der Waals surface area contributed by atoms with Crippen molar-refractivity contribution in [3.63, 3.8) is 0 Å². The van der Waals surface area contributed by atoms with Crippen LogP contribution in [0.3, 0.4) is 0 Å². The van der Waals surface area contributed by atoms with Crippen LogP contribution in [0.15, 0.2) is 287 Å². The summed E-state index contributed by atoms with van der Waals surface area (Å²) in [4.78, 5) is 71.9. The van der Waals surface area contributed by atoms with Crippen LogP contribution in [0.2, 0.25) is 5.02 Å². The smallest absolute Gasteiger partial charge is 0.255 e. The number of nitrogens with two attached hydrogens (primary N) is 2. The number of fused-ring (bicyclic) bond motifs is 6. The van der Waals surface area contributed by atoms with Gasteiger partial charge in [0.1, 0.15) is 65.4 Å². The monoisotopic (exact) mass is 1800 g/mol. The molecule has 0 radical (unpaired) electrons. The number of hydrogen-bond donors (Lipinski definition) is 3. The van der Waals surface area contributed by atoms with E-state index in [1.54, 1.807) is 137 Å². The molecular formula is C105H86ClF5N22O. The molecule has 0 spiro atoms. The summed E-state index contributed by atoms with van der Waals surface area (Å²) < 4.78 is 73.7. The van der Waals surface area contributed by atoms with Gasteiger partial charge in [-0.15, -0.1) is 0 Å². The minimum atomic E-state index is -0.472. The highest BCUT2D eigenvalue weighted by molar-refractivity contribution is 6.31. The molecule has 0 saturated carbocycles. The Balaban J connectivity index is 0.000000113. The van der Waals surface area contributed by atoms with Crippen LogP contribution in [0.4, 0.5) is 33.6 Å². The second-order valence-electron chi connectivity index (χ2n) is 32.8. The Morgan fingerprint density at radius 3 is 1.36 bits per heavy atom. The van der Waals surface area contributed by atoms with Crippen molar-refractivity contribution in [2.75, 3.05) is 31.1 Å². The van der Waals surface area contributed by atoms with E-state index in [1.807, 2.05) is 143 Å². The lowest BCUT2D eigenvalue weighted by Crippen LogP contribution is -2.41. The highest BCUT2D eigenvalue weighted by atomic mass is 35.5.